The molecule has 0 bridgehead atoms. The maximum atomic E-state index is 9.63. The van der Waals surface area contributed by atoms with E-state index in [0.717, 1.165) is 23.4 Å². The molecule has 0 aliphatic carbocycles. The summed E-state index contributed by atoms with van der Waals surface area (Å²) in [4.78, 5) is 4.70. The van der Waals surface area contributed by atoms with E-state index < -0.39 is 0 Å². The van der Waals surface area contributed by atoms with Gasteiger partial charge in [-0.1, -0.05) is 79.7 Å². The molecule has 0 fully saturated rings. The SMILES string of the molecule is CCc1ccccc1N/C=C(\C#N)c1nc(-c2ccc(-c3ccccc3)cc2)cs1. The zero-order valence-corrected chi connectivity index (χ0v) is 17.5. The van der Waals surface area contributed by atoms with E-state index in [1.165, 1.54) is 28.0 Å². The minimum absolute atomic E-state index is 0.526. The van der Waals surface area contributed by atoms with Crippen LogP contribution in [0.1, 0.15) is 17.5 Å². The number of thiazole rings is 1. The third-order valence-corrected chi connectivity index (χ3v) is 5.79. The smallest absolute Gasteiger partial charge is 0.136 e. The molecule has 4 heteroatoms. The molecule has 0 atom stereocenters. The van der Waals surface area contributed by atoms with Gasteiger partial charge in [0.15, 0.2) is 0 Å². The lowest BCUT2D eigenvalue weighted by Crippen LogP contribution is -1.95. The summed E-state index contributed by atoms with van der Waals surface area (Å²) < 4.78 is 0. The molecule has 30 heavy (non-hydrogen) atoms. The highest BCUT2D eigenvalue weighted by Gasteiger charge is 2.10. The van der Waals surface area contributed by atoms with Crippen molar-refractivity contribution >= 4 is 22.6 Å². The molecule has 0 amide bonds. The highest BCUT2D eigenvalue weighted by atomic mass is 32.1. The Kier molecular flexibility index (Phi) is 6.03. The fourth-order valence-electron chi connectivity index (χ4n) is 3.26. The molecule has 0 spiro atoms. The Bertz CT molecular complexity index is 1200. The highest BCUT2D eigenvalue weighted by molar-refractivity contribution is 7.11. The van der Waals surface area contributed by atoms with Gasteiger partial charge in [-0.3, -0.25) is 0 Å². The molecule has 0 aliphatic rings. The number of nitriles is 1. The number of hydrogen-bond acceptors (Lipinski definition) is 4. The maximum absolute atomic E-state index is 9.63. The van der Waals surface area contributed by atoms with E-state index in [0.29, 0.717) is 10.6 Å². The van der Waals surface area contributed by atoms with Crippen molar-refractivity contribution in [3.8, 4) is 28.5 Å². The Morgan fingerprint density at radius 2 is 1.60 bits per heavy atom. The minimum atomic E-state index is 0.526. The summed E-state index contributed by atoms with van der Waals surface area (Å²) in [5.74, 6) is 0. The van der Waals surface area contributed by atoms with Gasteiger partial charge in [0.1, 0.15) is 16.6 Å². The molecule has 146 valence electrons. The number of benzene rings is 3. The first-order valence-corrected chi connectivity index (χ1v) is 10.7. The van der Waals surface area contributed by atoms with Gasteiger partial charge in [0.25, 0.3) is 0 Å². The summed E-state index contributed by atoms with van der Waals surface area (Å²) in [6.45, 7) is 2.12. The molecular weight excluding hydrogens is 386 g/mol. The van der Waals surface area contributed by atoms with Crippen LogP contribution in [0.2, 0.25) is 0 Å². The van der Waals surface area contributed by atoms with E-state index in [9.17, 15) is 5.26 Å². The predicted octanol–water partition coefficient (Wildman–Crippen LogP) is 7.02. The lowest BCUT2D eigenvalue weighted by molar-refractivity contribution is 1.14. The number of anilines is 1. The Balaban J connectivity index is 1.54. The number of para-hydroxylation sites is 1. The van der Waals surface area contributed by atoms with Crippen molar-refractivity contribution in [1.82, 2.24) is 4.98 Å². The molecule has 4 aromatic rings. The van der Waals surface area contributed by atoms with Crippen molar-refractivity contribution in [3.05, 3.63) is 101 Å². The topological polar surface area (TPSA) is 48.7 Å². The summed E-state index contributed by atoms with van der Waals surface area (Å²) in [6, 6.07) is 29.0. The second-order valence-electron chi connectivity index (χ2n) is 6.81. The largest absolute Gasteiger partial charge is 0.360 e. The van der Waals surface area contributed by atoms with Crippen molar-refractivity contribution < 1.29 is 0 Å². The molecular formula is C26H21N3S. The number of aromatic nitrogens is 1. The molecule has 1 aromatic heterocycles. The minimum Gasteiger partial charge on any atom is -0.360 e. The summed E-state index contributed by atoms with van der Waals surface area (Å²) in [7, 11) is 0. The second-order valence-corrected chi connectivity index (χ2v) is 7.66. The molecule has 3 aromatic carbocycles. The average molecular weight is 408 g/mol. The molecule has 0 unspecified atom stereocenters. The quantitative estimate of drug-likeness (QED) is 0.350. The Morgan fingerprint density at radius 3 is 2.33 bits per heavy atom. The van der Waals surface area contributed by atoms with Crippen LogP contribution in [0.25, 0.3) is 28.0 Å². The van der Waals surface area contributed by atoms with Crippen molar-refractivity contribution in [2.45, 2.75) is 13.3 Å². The van der Waals surface area contributed by atoms with Crippen LogP contribution < -0.4 is 5.32 Å². The summed E-state index contributed by atoms with van der Waals surface area (Å²) in [5.41, 5.74) is 7.04. The van der Waals surface area contributed by atoms with Crippen LogP contribution >= 0.6 is 11.3 Å². The van der Waals surface area contributed by atoms with Crippen LogP contribution in [0.3, 0.4) is 0 Å². The number of rotatable bonds is 6. The first-order valence-electron chi connectivity index (χ1n) is 9.85. The van der Waals surface area contributed by atoms with E-state index in [4.69, 9.17) is 4.98 Å². The molecule has 0 saturated heterocycles. The Labute approximate surface area is 181 Å². The van der Waals surface area contributed by atoms with Crippen LogP contribution in [0, 0.1) is 11.3 Å². The molecule has 3 nitrogen and oxygen atoms in total. The standard InChI is InChI=1S/C26H21N3S/c1-2-19-8-6-7-11-24(19)28-17-23(16-27)26-29-25(18-30-26)22-14-12-21(13-15-22)20-9-4-3-5-10-20/h3-15,17-18,28H,2H2,1H3/b23-17+. The maximum Gasteiger partial charge on any atom is 0.136 e. The van der Waals surface area contributed by atoms with Gasteiger partial charge in [0, 0.05) is 22.8 Å². The first kappa shape index (κ1) is 19.6. The van der Waals surface area contributed by atoms with Crippen LogP contribution in [0.5, 0.6) is 0 Å². The van der Waals surface area contributed by atoms with Crippen LogP contribution in [0.4, 0.5) is 5.69 Å². The van der Waals surface area contributed by atoms with Gasteiger partial charge in [-0.15, -0.1) is 11.3 Å². The fraction of sp³-hybridized carbons (Fsp3) is 0.0769. The van der Waals surface area contributed by atoms with Crippen molar-refractivity contribution in [1.29, 1.82) is 5.26 Å². The summed E-state index contributed by atoms with van der Waals surface area (Å²) in [5, 5.41) is 15.6. The number of aryl methyl sites for hydroxylation is 1. The molecule has 0 aliphatic heterocycles. The van der Waals surface area contributed by atoms with E-state index in [1.807, 2.05) is 41.8 Å². The third-order valence-electron chi connectivity index (χ3n) is 4.91. The molecule has 0 saturated carbocycles. The molecule has 1 N–H and O–H groups in total. The van der Waals surface area contributed by atoms with Crippen LogP contribution in [0.15, 0.2) is 90.4 Å². The van der Waals surface area contributed by atoms with Crippen molar-refractivity contribution in [2.75, 3.05) is 5.32 Å². The second kappa shape index (κ2) is 9.21. The average Bonchev–Trinajstić information content (AvgIpc) is 3.30. The lowest BCUT2D eigenvalue weighted by atomic mass is 10.0. The summed E-state index contributed by atoms with van der Waals surface area (Å²) >= 11 is 1.48. The van der Waals surface area contributed by atoms with Gasteiger partial charge in [-0.2, -0.15) is 5.26 Å². The van der Waals surface area contributed by atoms with Crippen LogP contribution in [-0.2, 0) is 6.42 Å². The van der Waals surface area contributed by atoms with Gasteiger partial charge in [-0.25, -0.2) is 4.98 Å². The highest BCUT2D eigenvalue weighted by Crippen LogP contribution is 2.28. The first-order chi connectivity index (χ1) is 14.8. The Hall–Kier alpha value is -3.68. The van der Waals surface area contributed by atoms with E-state index >= 15 is 0 Å². The van der Waals surface area contributed by atoms with Crippen molar-refractivity contribution in [2.24, 2.45) is 0 Å². The van der Waals surface area contributed by atoms with Gasteiger partial charge in [-0.05, 0) is 29.2 Å². The third kappa shape index (κ3) is 4.32. The van der Waals surface area contributed by atoms with Gasteiger partial charge in [0.2, 0.25) is 0 Å². The van der Waals surface area contributed by atoms with Gasteiger partial charge in [0.05, 0.1) is 5.69 Å². The van der Waals surface area contributed by atoms with E-state index in [-0.39, 0.29) is 0 Å². The zero-order chi connectivity index (χ0) is 20.8. The van der Waals surface area contributed by atoms with Crippen molar-refractivity contribution in [3.63, 3.8) is 0 Å². The number of allylic oxidation sites excluding steroid dienone is 1. The van der Waals surface area contributed by atoms with E-state index in [2.05, 4.69) is 60.8 Å². The number of nitrogens with one attached hydrogen (secondary N) is 1. The number of nitrogens with zero attached hydrogens (tertiary/aromatic N) is 2. The van der Waals surface area contributed by atoms with Crippen LogP contribution in [-0.4, -0.2) is 4.98 Å². The molecule has 1 heterocycles. The monoisotopic (exact) mass is 407 g/mol. The Morgan fingerprint density at radius 1 is 0.933 bits per heavy atom. The van der Waals surface area contributed by atoms with Gasteiger partial charge < -0.3 is 5.32 Å². The number of hydrogen-bond donors (Lipinski definition) is 1. The fourth-order valence-corrected chi connectivity index (χ4v) is 4.05. The van der Waals surface area contributed by atoms with E-state index in [1.54, 1.807) is 6.20 Å². The predicted molar refractivity (Wildman–Crippen MR) is 126 cm³/mol. The molecule has 0 radical (unpaired) electrons. The summed E-state index contributed by atoms with van der Waals surface area (Å²) in [6.07, 6.45) is 2.68. The molecule has 4 rings (SSSR count). The van der Waals surface area contributed by atoms with Gasteiger partial charge >= 0.3 is 0 Å². The zero-order valence-electron chi connectivity index (χ0n) is 16.7. The lowest BCUT2D eigenvalue weighted by Gasteiger charge is -2.07. The normalized spacial score (nSPS) is 11.1.